The lowest BCUT2D eigenvalue weighted by atomic mass is 10.0. The molecule has 0 radical (unpaired) electrons. The highest BCUT2D eigenvalue weighted by Gasteiger charge is 1.97. The molecule has 2 aromatic carbocycles. The van der Waals surface area contributed by atoms with Gasteiger partial charge in [-0.15, -0.1) is 0 Å². The molecule has 0 aliphatic heterocycles. The highest BCUT2D eigenvalue weighted by molar-refractivity contribution is 5.64. The first-order valence-electron chi connectivity index (χ1n) is 5.90. The maximum absolute atomic E-state index is 2.24. The first-order chi connectivity index (χ1) is 7.77. The maximum atomic E-state index is 2.24. The van der Waals surface area contributed by atoms with E-state index in [-0.39, 0.29) is 0 Å². The van der Waals surface area contributed by atoms with Crippen molar-refractivity contribution in [3.63, 3.8) is 0 Å². The number of rotatable bonds is 1. The van der Waals surface area contributed by atoms with Crippen molar-refractivity contribution < 1.29 is 0 Å². The SMILES string of the molecule is CC.Cc1ccc(-c2ccccc2)cc1C. The highest BCUT2D eigenvalue weighted by atomic mass is 14.0. The molecule has 0 aliphatic carbocycles. The van der Waals surface area contributed by atoms with Crippen LogP contribution in [-0.4, -0.2) is 0 Å². The van der Waals surface area contributed by atoms with Crippen LogP contribution in [0.3, 0.4) is 0 Å². The second-order valence-corrected chi connectivity index (χ2v) is 3.67. The van der Waals surface area contributed by atoms with Gasteiger partial charge in [-0.05, 0) is 36.1 Å². The smallest absolute Gasteiger partial charge is 0.0181 e. The van der Waals surface area contributed by atoms with Crippen molar-refractivity contribution in [1.29, 1.82) is 0 Å². The van der Waals surface area contributed by atoms with Gasteiger partial charge in [0.25, 0.3) is 0 Å². The van der Waals surface area contributed by atoms with E-state index in [1.807, 2.05) is 19.9 Å². The van der Waals surface area contributed by atoms with Gasteiger partial charge in [-0.1, -0.05) is 62.4 Å². The molecule has 0 atom stereocenters. The average molecular weight is 212 g/mol. The average Bonchev–Trinajstić information content (AvgIpc) is 2.36. The molecule has 0 spiro atoms. The largest absolute Gasteiger partial charge is 0.0683 e. The van der Waals surface area contributed by atoms with Crippen LogP contribution in [0.4, 0.5) is 0 Å². The Morgan fingerprint density at radius 1 is 0.625 bits per heavy atom. The van der Waals surface area contributed by atoms with Gasteiger partial charge in [0.05, 0.1) is 0 Å². The minimum atomic E-state index is 1.29. The fraction of sp³-hybridized carbons (Fsp3) is 0.250. The summed E-state index contributed by atoms with van der Waals surface area (Å²) in [5.41, 5.74) is 5.29. The summed E-state index contributed by atoms with van der Waals surface area (Å²) < 4.78 is 0. The summed E-state index contributed by atoms with van der Waals surface area (Å²) in [7, 11) is 0. The Hall–Kier alpha value is -1.56. The fourth-order valence-electron chi connectivity index (χ4n) is 1.55. The highest BCUT2D eigenvalue weighted by Crippen LogP contribution is 2.21. The third-order valence-corrected chi connectivity index (χ3v) is 2.61. The Morgan fingerprint density at radius 2 is 1.25 bits per heavy atom. The molecule has 84 valence electrons. The van der Waals surface area contributed by atoms with E-state index < -0.39 is 0 Å². The molecule has 0 aliphatic rings. The Balaban J connectivity index is 0.000000606. The molecular weight excluding hydrogens is 192 g/mol. The van der Waals surface area contributed by atoms with Crippen molar-refractivity contribution >= 4 is 0 Å². The van der Waals surface area contributed by atoms with Crippen LogP contribution in [0.1, 0.15) is 25.0 Å². The van der Waals surface area contributed by atoms with Crippen LogP contribution in [0, 0.1) is 13.8 Å². The van der Waals surface area contributed by atoms with Gasteiger partial charge in [0.15, 0.2) is 0 Å². The van der Waals surface area contributed by atoms with Crippen molar-refractivity contribution in [3.05, 3.63) is 59.7 Å². The van der Waals surface area contributed by atoms with Gasteiger partial charge in [-0.25, -0.2) is 0 Å². The van der Waals surface area contributed by atoms with Crippen LogP contribution < -0.4 is 0 Å². The second-order valence-electron chi connectivity index (χ2n) is 3.67. The lowest BCUT2D eigenvalue weighted by Crippen LogP contribution is -1.82. The van der Waals surface area contributed by atoms with E-state index >= 15 is 0 Å². The molecule has 0 saturated heterocycles. The zero-order valence-electron chi connectivity index (χ0n) is 10.6. The maximum Gasteiger partial charge on any atom is -0.0181 e. The topological polar surface area (TPSA) is 0 Å². The lowest BCUT2D eigenvalue weighted by molar-refractivity contribution is 1.34. The summed E-state index contributed by atoms with van der Waals surface area (Å²) in [6.45, 7) is 8.30. The quantitative estimate of drug-likeness (QED) is 0.624. The molecule has 0 fully saturated rings. The van der Waals surface area contributed by atoms with E-state index in [4.69, 9.17) is 0 Å². The first kappa shape index (κ1) is 12.5. The molecule has 0 heteroatoms. The Labute approximate surface area is 99.0 Å². The van der Waals surface area contributed by atoms with Crippen LogP contribution in [-0.2, 0) is 0 Å². The molecule has 0 heterocycles. The molecule has 0 amide bonds. The minimum absolute atomic E-state index is 1.29. The molecule has 0 unspecified atom stereocenters. The molecule has 0 aromatic heterocycles. The molecule has 2 aromatic rings. The zero-order valence-corrected chi connectivity index (χ0v) is 10.6. The second kappa shape index (κ2) is 6.12. The number of hydrogen-bond donors (Lipinski definition) is 0. The molecule has 2 rings (SSSR count). The van der Waals surface area contributed by atoms with E-state index in [0.717, 1.165) is 0 Å². The van der Waals surface area contributed by atoms with Crippen molar-refractivity contribution in [2.45, 2.75) is 27.7 Å². The third-order valence-electron chi connectivity index (χ3n) is 2.61. The predicted molar refractivity (Wildman–Crippen MR) is 72.7 cm³/mol. The Morgan fingerprint density at radius 3 is 1.81 bits per heavy atom. The van der Waals surface area contributed by atoms with Gasteiger partial charge in [-0.2, -0.15) is 0 Å². The van der Waals surface area contributed by atoms with Gasteiger partial charge >= 0.3 is 0 Å². The third kappa shape index (κ3) is 2.96. The Bertz CT molecular complexity index is 427. The molecule has 0 bridgehead atoms. The summed E-state index contributed by atoms with van der Waals surface area (Å²) in [5, 5.41) is 0. The molecule has 0 N–H and O–H groups in total. The predicted octanol–water partition coefficient (Wildman–Crippen LogP) is 5.00. The summed E-state index contributed by atoms with van der Waals surface area (Å²) in [6.07, 6.45) is 0. The van der Waals surface area contributed by atoms with Crippen LogP contribution >= 0.6 is 0 Å². The van der Waals surface area contributed by atoms with Gasteiger partial charge in [0.2, 0.25) is 0 Å². The van der Waals surface area contributed by atoms with Crippen LogP contribution in [0.25, 0.3) is 11.1 Å². The summed E-state index contributed by atoms with van der Waals surface area (Å²) in [6, 6.07) is 17.1. The normalized spacial score (nSPS) is 9.25. The monoisotopic (exact) mass is 212 g/mol. The van der Waals surface area contributed by atoms with Gasteiger partial charge in [0, 0.05) is 0 Å². The van der Waals surface area contributed by atoms with Crippen molar-refractivity contribution in [2.24, 2.45) is 0 Å². The number of aryl methyl sites for hydroxylation is 2. The van der Waals surface area contributed by atoms with Crippen LogP contribution in [0.15, 0.2) is 48.5 Å². The first-order valence-corrected chi connectivity index (χ1v) is 5.90. The van der Waals surface area contributed by atoms with E-state index in [0.29, 0.717) is 0 Å². The Kier molecular flexibility index (Phi) is 4.78. The summed E-state index contributed by atoms with van der Waals surface area (Å²) in [4.78, 5) is 0. The van der Waals surface area contributed by atoms with E-state index in [1.54, 1.807) is 0 Å². The molecule has 0 saturated carbocycles. The van der Waals surface area contributed by atoms with Crippen molar-refractivity contribution in [3.8, 4) is 11.1 Å². The minimum Gasteiger partial charge on any atom is -0.0683 e. The van der Waals surface area contributed by atoms with Crippen molar-refractivity contribution in [2.75, 3.05) is 0 Å². The molecule has 16 heavy (non-hydrogen) atoms. The zero-order chi connectivity index (χ0) is 12.0. The van der Waals surface area contributed by atoms with Gasteiger partial charge < -0.3 is 0 Å². The lowest BCUT2D eigenvalue weighted by Gasteiger charge is -2.04. The van der Waals surface area contributed by atoms with Crippen LogP contribution in [0.5, 0.6) is 0 Å². The molecule has 0 nitrogen and oxygen atoms in total. The van der Waals surface area contributed by atoms with E-state index in [1.165, 1.54) is 22.3 Å². The van der Waals surface area contributed by atoms with Gasteiger partial charge in [-0.3, -0.25) is 0 Å². The van der Waals surface area contributed by atoms with E-state index in [2.05, 4.69) is 56.3 Å². The van der Waals surface area contributed by atoms with Gasteiger partial charge in [0.1, 0.15) is 0 Å². The number of benzene rings is 2. The van der Waals surface area contributed by atoms with Crippen molar-refractivity contribution in [1.82, 2.24) is 0 Å². The fourth-order valence-corrected chi connectivity index (χ4v) is 1.55. The number of hydrogen-bond acceptors (Lipinski definition) is 0. The summed E-state index contributed by atoms with van der Waals surface area (Å²) in [5.74, 6) is 0. The van der Waals surface area contributed by atoms with E-state index in [9.17, 15) is 0 Å². The molecular formula is C16H20. The standard InChI is InChI=1S/C14H14.C2H6/c1-11-8-9-14(10-12(11)2)13-6-4-3-5-7-13;1-2/h3-10H,1-2H3;1-2H3. The summed E-state index contributed by atoms with van der Waals surface area (Å²) >= 11 is 0. The van der Waals surface area contributed by atoms with Crippen LogP contribution in [0.2, 0.25) is 0 Å².